The van der Waals surface area contributed by atoms with Gasteiger partial charge in [-0.3, -0.25) is 9.69 Å². The Balaban J connectivity index is 2.57. The number of nitrogens with zero attached hydrogens (tertiary/aromatic N) is 1. The number of likely N-dealkylation sites (tertiary alicyclic amines) is 1. The van der Waals surface area contributed by atoms with E-state index < -0.39 is 0 Å². The van der Waals surface area contributed by atoms with Crippen LogP contribution in [0.15, 0.2) is 0 Å². The Morgan fingerprint density at radius 3 is 2.69 bits per heavy atom. The van der Waals surface area contributed by atoms with Crippen molar-refractivity contribution in [2.75, 3.05) is 20.1 Å². The molecule has 1 saturated heterocycles. The van der Waals surface area contributed by atoms with E-state index in [2.05, 4.69) is 5.32 Å². The Bertz CT molecular complexity index is 204. The van der Waals surface area contributed by atoms with E-state index in [-0.39, 0.29) is 17.6 Å². The molecule has 1 aliphatic heterocycles. The van der Waals surface area contributed by atoms with Gasteiger partial charge in [0.2, 0.25) is 5.91 Å². The van der Waals surface area contributed by atoms with E-state index in [4.69, 9.17) is 0 Å². The number of carbonyl (C=O) groups excluding carboxylic acids is 1. The Morgan fingerprint density at radius 1 is 1.69 bits per heavy atom. The molecular formula is C9H18N2O2. The number of aliphatic hydroxyl groups is 1. The average Bonchev–Trinajstić information content (AvgIpc) is 2.31. The minimum Gasteiger partial charge on any atom is -0.391 e. The van der Waals surface area contributed by atoms with E-state index >= 15 is 0 Å². The Labute approximate surface area is 78.9 Å². The fourth-order valence-electron chi connectivity index (χ4n) is 1.67. The molecule has 1 heterocycles. The fourth-order valence-corrected chi connectivity index (χ4v) is 1.67. The third-order valence-corrected chi connectivity index (χ3v) is 2.92. The summed E-state index contributed by atoms with van der Waals surface area (Å²) in [4.78, 5) is 13.1. The molecule has 2 N–H and O–H groups in total. The minimum absolute atomic E-state index is 0.00201. The van der Waals surface area contributed by atoms with Gasteiger partial charge in [0.15, 0.2) is 0 Å². The molecule has 0 aromatic heterocycles. The quantitative estimate of drug-likeness (QED) is 0.615. The van der Waals surface area contributed by atoms with E-state index in [1.807, 2.05) is 18.7 Å². The van der Waals surface area contributed by atoms with Crippen LogP contribution in [0.2, 0.25) is 0 Å². The summed E-state index contributed by atoms with van der Waals surface area (Å²) < 4.78 is 0. The fraction of sp³-hybridized carbons (Fsp3) is 0.889. The first-order chi connectivity index (χ1) is 5.98. The SMILES string of the molecule is CNC(=O)CN1CCC(O)C1(C)C. The number of amides is 1. The Hall–Kier alpha value is -0.610. The number of rotatable bonds is 2. The molecule has 76 valence electrons. The first-order valence-electron chi connectivity index (χ1n) is 4.62. The van der Waals surface area contributed by atoms with Gasteiger partial charge in [-0.25, -0.2) is 0 Å². The van der Waals surface area contributed by atoms with Gasteiger partial charge in [-0.1, -0.05) is 0 Å². The van der Waals surface area contributed by atoms with Crippen molar-refractivity contribution >= 4 is 5.91 Å². The molecule has 0 aliphatic carbocycles. The van der Waals surface area contributed by atoms with E-state index in [1.54, 1.807) is 7.05 Å². The first kappa shape index (κ1) is 10.5. The second kappa shape index (κ2) is 3.64. The summed E-state index contributed by atoms with van der Waals surface area (Å²) in [5.41, 5.74) is -0.271. The van der Waals surface area contributed by atoms with Gasteiger partial charge in [0, 0.05) is 19.1 Å². The van der Waals surface area contributed by atoms with Crippen LogP contribution in [-0.4, -0.2) is 47.7 Å². The summed E-state index contributed by atoms with van der Waals surface area (Å²) in [5, 5.41) is 12.2. The monoisotopic (exact) mass is 186 g/mol. The third-order valence-electron chi connectivity index (χ3n) is 2.92. The highest BCUT2D eigenvalue weighted by molar-refractivity contribution is 5.77. The molecule has 1 atom stereocenters. The first-order valence-corrected chi connectivity index (χ1v) is 4.62. The average molecular weight is 186 g/mol. The summed E-state index contributed by atoms with van der Waals surface area (Å²) in [5.74, 6) is 0.00201. The topological polar surface area (TPSA) is 52.6 Å². The molecule has 1 amide bonds. The summed E-state index contributed by atoms with van der Waals surface area (Å²) in [6.45, 7) is 5.10. The van der Waals surface area contributed by atoms with Crippen molar-refractivity contribution in [3.05, 3.63) is 0 Å². The van der Waals surface area contributed by atoms with E-state index in [0.29, 0.717) is 6.54 Å². The summed E-state index contributed by atoms with van der Waals surface area (Å²) in [6, 6.07) is 0. The highest BCUT2D eigenvalue weighted by Crippen LogP contribution is 2.27. The molecule has 1 rings (SSSR count). The van der Waals surface area contributed by atoms with Crippen LogP contribution < -0.4 is 5.32 Å². The minimum atomic E-state index is -0.322. The van der Waals surface area contributed by atoms with E-state index in [0.717, 1.165) is 13.0 Å². The lowest BCUT2D eigenvalue weighted by atomic mass is 9.99. The maximum atomic E-state index is 11.1. The molecule has 4 heteroatoms. The standard InChI is InChI=1S/C9H18N2O2/c1-9(2)7(12)4-5-11(9)6-8(13)10-3/h7,12H,4-6H2,1-3H3,(H,10,13). The maximum absolute atomic E-state index is 11.1. The van der Waals surface area contributed by atoms with Gasteiger partial charge < -0.3 is 10.4 Å². The molecule has 0 bridgehead atoms. The third kappa shape index (κ3) is 2.00. The van der Waals surface area contributed by atoms with Gasteiger partial charge in [-0.05, 0) is 20.3 Å². The number of aliphatic hydroxyl groups excluding tert-OH is 1. The summed E-state index contributed by atoms with van der Waals surface area (Å²) >= 11 is 0. The number of carbonyl (C=O) groups is 1. The predicted molar refractivity (Wildman–Crippen MR) is 50.3 cm³/mol. The van der Waals surface area contributed by atoms with Crippen LogP contribution in [-0.2, 0) is 4.79 Å². The van der Waals surface area contributed by atoms with Crippen LogP contribution in [0.25, 0.3) is 0 Å². The van der Waals surface area contributed by atoms with Crippen molar-refractivity contribution in [3.8, 4) is 0 Å². The Morgan fingerprint density at radius 2 is 2.31 bits per heavy atom. The van der Waals surface area contributed by atoms with Gasteiger partial charge in [-0.2, -0.15) is 0 Å². The Kier molecular flexibility index (Phi) is 2.93. The summed E-state index contributed by atoms with van der Waals surface area (Å²) in [6.07, 6.45) is 0.432. The van der Waals surface area contributed by atoms with Crippen molar-refractivity contribution in [3.63, 3.8) is 0 Å². The predicted octanol–water partition coefficient (Wildman–Crippen LogP) is -0.422. The van der Waals surface area contributed by atoms with Gasteiger partial charge in [0.05, 0.1) is 12.6 Å². The van der Waals surface area contributed by atoms with Crippen LogP contribution in [0.1, 0.15) is 20.3 Å². The number of likely N-dealkylation sites (N-methyl/N-ethyl adjacent to an activating group) is 1. The van der Waals surface area contributed by atoms with Crippen molar-refractivity contribution in [2.24, 2.45) is 0 Å². The zero-order valence-corrected chi connectivity index (χ0v) is 8.50. The van der Waals surface area contributed by atoms with Crippen LogP contribution in [0.5, 0.6) is 0 Å². The second-order valence-electron chi connectivity index (χ2n) is 4.05. The van der Waals surface area contributed by atoms with Gasteiger partial charge in [0.25, 0.3) is 0 Å². The number of hydrogen-bond donors (Lipinski definition) is 2. The molecule has 0 saturated carbocycles. The molecule has 0 aromatic rings. The lowest BCUT2D eigenvalue weighted by molar-refractivity contribution is -0.123. The molecule has 0 radical (unpaired) electrons. The second-order valence-corrected chi connectivity index (χ2v) is 4.05. The van der Waals surface area contributed by atoms with Crippen molar-refractivity contribution in [2.45, 2.75) is 31.9 Å². The molecule has 1 unspecified atom stereocenters. The molecule has 1 fully saturated rings. The molecule has 1 aliphatic rings. The molecule has 13 heavy (non-hydrogen) atoms. The van der Waals surface area contributed by atoms with Crippen molar-refractivity contribution < 1.29 is 9.90 Å². The zero-order valence-electron chi connectivity index (χ0n) is 8.50. The maximum Gasteiger partial charge on any atom is 0.233 e. The van der Waals surface area contributed by atoms with Crippen LogP contribution in [0.4, 0.5) is 0 Å². The molecule has 0 spiro atoms. The van der Waals surface area contributed by atoms with Gasteiger partial charge in [0.1, 0.15) is 0 Å². The number of hydrogen-bond acceptors (Lipinski definition) is 3. The lowest BCUT2D eigenvalue weighted by Crippen LogP contribution is -2.48. The van der Waals surface area contributed by atoms with Crippen molar-refractivity contribution in [1.29, 1.82) is 0 Å². The highest BCUT2D eigenvalue weighted by atomic mass is 16.3. The molecule has 0 aromatic carbocycles. The van der Waals surface area contributed by atoms with E-state index in [9.17, 15) is 9.90 Å². The van der Waals surface area contributed by atoms with Gasteiger partial charge in [-0.15, -0.1) is 0 Å². The largest absolute Gasteiger partial charge is 0.391 e. The van der Waals surface area contributed by atoms with E-state index in [1.165, 1.54) is 0 Å². The smallest absolute Gasteiger partial charge is 0.233 e. The van der Waals surface area contributed by atoms with Gasteiger partial charge >= 0.3 is 0 Å². The molecular weight excluding hydrogens is 168 g/mol. The zero-order chi connectivity index (χ0) is 10.1. The highest BCUT2D eigenvalue weighted by Gasteiger charge is 2.40. The summed E-state index contributed by atoms with van der Waals surface area (Å²) in [7, 11) is 1.63. The molecule has 4 nitrogen and oxygen atoms in total. The van der Waals surface area contributed by atoms with Crippen LogP contribution in [0, 0.1) is 0 Å². The van der Waals surface area contributed by atoms with Crippen LogP contribution >= 0.6 is 0 Å². The lowest BCUT2D eigenvalue weighted by Gasteiger charge is -2.32. The normalized spacial score (nSPS) is 27.5. The number of nitrogens with one attached hydrogen (secondary N) is 1. The van der Waals surface area contributed by atoms with Crippen LogP contribution in [0.3, 0.4) is 0 Å². The van der Waals surface area contributed by atoms with Crippen molar-refractivity contribution in [1.82, 2.24) is 10.2 Å².